The van der Waals surface area contributed by atoms with E-state index in [1.165, 1.54) is 11.1 Å². The van der Waals surface area contributed by atoms with E-state index in [4.69, 9.17) is 4.74 Å². The molecule has 1 N–H and O–H groups in total. The second-order valence-corrected chi connectivity index (χ2v) is 5.15. The third-order valence-corrected chi connectivity index (χ3v) is 3.74. The fourth-order valence-corrected chi connectivity index (χ4v) is 2.82. The van der Waals surface area contributed by atoms with Crippen LogP contribution in [0.15, 0.2) is 24.3 Å². The number of fused-ring (bicyclic) bond motifs is 1. The Morgan fingerprint density at radius 3 is 2.83 bits per heavy atom. The van der Waals surface area contributed by atoms with Crippen LogP contribution >= 0.6 is 0 Å². The molecule has 18 heavy (non-hydrogen) atoms. The molecule has 96 valence electrons. The molecule has 1 aliphatic carbocycles. The Morgan fingerprint density at radius 1 is 1.44 bits per heavy atom. The van der Waals surface area contributed by atoms with Gasteiger partial charge in [-0.3, -0.25) is 0 Å². The average Bonchev–Trinajstić information content (AvgIpc) is 2.39. The monoisotopic (exact) mass is 245 g/mol. The van der Waals surface area contributed by atoms with Crippen LogP contribution in [0.1, 0.15) is 24.0 Å². The number of rotatable bonds is 4. The third kappa shape index (κ3) is 2.72. The van der Waals surface area contributed by atoms with Gasteiger partial charge in [0.1, 0.15) is 0 Å². The third-order valence-electron chi connectivity index (χ3n) is 3.74. The van der Waals surface area contributed by atoms with Crippen molar-refractivity contribution in [3.05, 3.63) is 35.4 Å². The summed E-state index contributed by atoms with van der Waals surface area (Å²) in [7, 11) is 1.57. The van der Waals surface area contributed by atoms with Gasteiger partial charge in [-0.25, -0.2) is 0 Å². The highest BCUT2D eigenvalue weighted by Gasteiger charge is 2.36. The molecule has 0 saturated carbocycles. The molecule has 0 amide bonds. The molecule has 1 aliphatic rings. The predicted octanol–water partition coefficient (Wildman–Crippen LogP) is 2.08. The Bertz CT molecular complexity index is 452. The lowest BCUT2D eigenvalue weighted by Crippen LogP contribution is -2.33. The summed E-state index contributed by atoms with van der Waals surface area (Å²) in [6.45, 7) is 0.297. The molecule has 0 bridgehead atoms. The van der Waals surface area contributed by atoms with E-state index in [1.54, 1.807) is 7.11 Å². The van der Waals surface area contributed by atoms with Gasteiger partial charge in [-0.1, -0.05) is 24.3 Å². The van der Waals surface area contributed by atoms with Gasteiger partial charge in [-0.15, -0.1) is 0 Å². The first-order valence-corrected chi connectivity index (χ1v) is 6.34. The van der Waals surface area contributed by atoms with Crippen LogP contribution < -0.4 is 0 Å². The minimum absolute atomic E-state index is 0.297. The summed E-state index contributed by atoms with van der Waals surface area (Å²) in [6.07, 6.45) is 2.41. The van der Waals surface area contributed by atoms with Crippen molar-refractivity contribution in [2.45, 2.75) is 31.8 Å². The zero-order chi connectivity index (χ0) is 13.0. The van der Waals surface area contributed by atoms with Gasteiger partial charge in [0, 0.05) is 7.11 Å². The molecule has 0 heterocycles. The molecule has 2 unspecified atom stereocenters. The predicted molar refractivity (Wildman–Crippen MR) is 69.0 cm³/mol. The summed E-state index contributed by atoms with van der Waals surface area (Å²) < 4.78 is 4.94. The SMILES string of the molecule is COCC(O)CC1(C#N)CCc2ccccc2C1. The molecule has 0 aromatic heterocycles. The number of aliphatic hydroxyl groups excluding tert-OH is 1. The van der Waals surface area contributed by atoms with Gasteiger partial charge in [0.15, 0.2) is 0 Å². The zero-order valence-corrected chi connectivity index (χ0v) is 10.7. The summed E-state index contributed by atoms with van der Waals surface area (Å²) in [4.78, 5) is 0. The van der Waals surface area contributed by atoms with Crippen molar-refractivity contribution in [2.75, 3.05) is 13.7 Å². The van der Waals surface area contributed by atoms with Gasteiger partial charge in [-0.05, 0) is 36.8 Å². The number of hydrogen-bond acceptors (Lipinski definition) is 3. The van der Waals surface area contributed by atoms with Crippen LogP contribution in [0.25, 0.3) is 0 Å². The van der Waals surface area contributed by atoms with Crippen LogP contribution in [0, 0.1) is 16.7 Å². The van der Waals surface area contributed by atoms with Crippen molar-refractivity contribution in [3.8, 4) is 6.07 Å². The van der Waals surface area contributed by atoms with Gasteiger partial charge in [0.2, 0.25) is 0 Å². The molecule has 1 aromatic rings. The standard InChI is InChI=1S/C15H19NO2/c1-18-10-14(17)9-15(11-16)7-6-12-4-2-3-5-13(12)8-15/h2-5,14,17H,6-10H2,1H3. The first kappa shape index (κ1) is 13.1. The van der Waals surface area contributed by atoms with Crippen LogP contribution in [0.2, 0.25) is 0 Å². The van der Waals surface area contributed by atoms with Crippen molar-refractivity contribution in [3.63, 3.8) is 0 Å². The highest BCUT2D eigenvalue weighted by Crippen LogP contribution is 2.38. The molecule has 3 heteroatoms. The number of aliphatic hydroxyl groups is 1. The average molecular weight is 245 g/mol. The van der Waals surface area contributed by atoms with Crippen LogP contribution in [0.3, 0.4) is 0 Å². The lowest BCUT2D eigenvalue weighted by molar-refractivity contribution is 0.0357. The first-order chi connectivity index (χ1) is 8.69. The molecule has 3 nitrogen and oxygen atoms in total. The van der Waals surface area contributed by atoms with Crippen LogP contribution in [0.5, 0.6) is 0 Å². The van der Waals surface area contributed by atoms with Gasteiger partial charge in [0.25, 0.3) is 0 Å². The maximum absolute atomic E-state index is 9.87. The molecular weight excluding hydrogens is 226 g/mol. The number of ether oxygens (including phenoxy) is 1. The highest BCUT2D eigenvalue weighted by atomic mass is 16.5. The van der Waals surface area contributed by atoms with Gasteiger partial charge < -0.3 is 9.84 Å². The number of nitrogens with zero attached hydrogens (tertiary/aromatic N) is 1. The van der Waals surface area contributed by atoms with Gasteiger partial charge >= 0.3 is 0 Å². The normalized spacial score (nSPS) is 24.1. The van der Waals surface area contributed by atoms with E-state index >= 15 is 0 Å². The Kier molecular flexibility index (Phi) is 4.00. The molecule has 0 aliphatic heterocycles. The number of nitriles is 1. The molecular formula is C15H19NO2. The fraction of sp³-hybridized carbons (Fsp3) is 0.533. The van der Waals surface area contributed by atoms with Crippen LogP contribution in [-0.4, -0.2) is 24.9 Å². The van der Waals surface area contributed by atoms with E-state index in [-0.39, 0.29) is 0 Å². The van der Waals surface area contributed by atoms with E-state index in [2.05, 4.69) is 18.2 Å². The smallest absolute Gasteiger partial charge is 0.0788 e. The van der Waals surface area contributed by atoms with E-state index in [0.717, 1.165) is 19.3 Å². The van der Waals surface area contributed by atoms with Gasteiger partial charge in [0.05, 0.1) is 24.2 Å². The molecule has 1 aromatic carbocycles. The summed E-state index contributed by atoms with van der Waals surface area (Å²) in [6, 6.07) is 10.7. The topological polar surface area (TPSA) is 53.2 Å². The van der Waals surface area contributed by atoms with E-state index < -0.39 is 11.5 Å². The van der Waals surface area contributed by atoms with Gasteiger partial charge in [-0.2, -0.15) is 5.26 Å². The maximum Gasteiger partial charge on any atom is 0.0788 e. The summed E-state index contributed by atoms with van der Waals surface area (Å²) in [5.74, 6) is 0. The number of methoxy groups -OCH3 is 1. The molecule has 2 rings (SSSR count). The van der Waals surface area contributed by atoms with Crippen LogP contribution in [-0.2, 0) is 17.6 Å². The highest BCUT2D eigenvalue weighted by molar-refractivity contribution is 5.32. The van der Waals surface area contributed by atoms with E-state index in [1.807, 2.05) is 12.1 Å². The summed E-state index contributed by atoms with van der Waals surface area (Å²) >= 11 is 0. The second kappa shape index (κ2) is 5.51. The number of benzene rings is 1. The number of aryl methyl sites for hydroxylation is 1. The maximum atomic E-state index is 9.87. The Labute approximate surface area is 108 Å². The lowest BCUT2D eigenvalue weighted by atomic mass is 9.69. The van der Waals surface area contributed by atoms with E-state index in [9.17, 15) is 10.4 Å². The second-order valence-electron chi connectivity index (χ2n) is 5.15. The largest absolute Gasteiger partial charge is 0.391 e. The lowest BCUT2D eigenvalue weighted by Gasteiger charge is -2.33. The summed E-state index contributed by atoms with van der Waals surface area (Å²) in [5, 5.41) is 19.4. The van der Waals surface area contributed by atoms with Crippen molar-refractivity contribution < 1.29 is 9.84 Å². The van der Waals surface area contributed by atoms with Crippen molar-refractivity contribution in [1.29, 1.82) is 5.26 Å². The fourth-order valence-electron chi connectivity index (χ4n) is 2.82. The molecule has 0 radical (unpaired) electrons. The number of hydrogen-bond donors (Lipinski definition) is 1. The molecule has 0 spiro atoms. The quantitative estimate of drug-likeness (QED) is 0.883. The molecule has 2 atom stereocenters. The van der Waals surface area contributed by atoms with Crippen LogP contribution in [0.4, 0.5) is 0 Å². The Hall–Kier alpha value is -1.37. The van der Waals surface area contributed by atoms with E-state index in [0.29, 0.717) is 13.0 Å². The minimum Gasteiger partial charge on any atom is -0.391 e. The minimum atomic E-state index is -0.556. The van der Waals surface area contributed by atoms with Crippen molar-refractivity contribution in [2.24, 2.45) is 5.41 Å². The molecule has 0 fully saturated rings. The molecule has 0 saturated heterocycles. The Morgan fingerprint density at radius 2 is 2.17 bits per heavy atom. The van der Waals surface area contributed by atoms with Crippen molar-refractivity contribution in [1.82, 2.24) is 0 Å². The summed E-state index contributed by atoms with van der Waals surface area (Å²) in [5.41, 5.74) is 2.14. The first-order valence-electron chi connectivity index (χ1n) is 6.34. The van der Waals surface area contributed by atoms with Crippen molar-refractivity contribution >= 4 is 0 Å². The zero-order valence-electron chi connectivity index (χ0n) is 10.7. The Balaban J connectivity index is 2.14.